The number of hydrazine groups is 1. The van der Waals surface area contributed by atoms with Crippen molar-refractivity contribution in [2.24, 2.45) is 5.84 Å². The van der Waals surface area contributed by atoms with E-state index in [2.05, 4.69) is 20.3 Å². The monoisotopic (exact) mass is 386 g/mol. The van der Waals surface area contributed by atoms with Crippen molar-refractivity contribution in [1.29, 1.82) is 0 Å². The maximum Gasteiger partial charge on any atom is 0.258 e. The van der Waals surface area contributed by atoms with Crippen LogP contribution in [0, 0.1) is 0 Å². The molecule has 1 amide bonds. The lowest BCUT2D eigenvalue weighted by atomic mass is 10.1. The number of hydrogen-bond donors (Lipinski definition) is 3. The molecule has 0 bridgehead atoms. The second-order valence-electron chi connectivity index (χ2n) is 6.46. The van der Waals surface area contributed by atoms with E-state index in [4.69, 9.17) is 23.3 Å². The fourth-order valence-corrected chi connectivity index (χ4v) is 3.39. The van der Waals surface area contributed by atoms with E-state index >= 15 is 0 Å². The van der Waals surface area contributed by atoms with Crippen LogP contribution in [0.1, 0.15) is 19.3 Å². The van der Waals surface area contributed by atoms with Crippen molar-refractivity contribution < 1.29 is 4.79 Å². The number of nitrogens with zero attached hydrogens (tertiary/aromatic N) is 5. The first-order valence-corrected chi connectivity index (χ1v) is 8.98. The van der Waals surface area contributed by atoms with Crippen molar-refractivity contribution >= 4 is 34.4 Å². The van der Waals surface area contributed by atoms with Gasteiger partial charge in [0.25, 0.3) is 5.91 Å². The Morgan fingerprint density at radius 2 is 2.11 bits per heavy atom. The molecule has 27 heavy (non-hydrogen) atoms. The maximum absolute atomic E-state index is 12.4. The van der Waals surface area contributed by atoms with E-state index in [1.165, 1.54) is 15.9 Å². The van der Waals surface area contributed by atoms with Gasteiger partial charge in [-0.25, -0.2) is 20.8 Å². The largest absolute Gasteiger partial charge is 0.358 e. The van der Waals surface area contributed by atoms with Gasteiger partial charge in [0, 0.05) is 36.1 Å². The van der Waals surface area contributed by atoms with Crippen molar-refractivity contribution in [3.63, 3.8) is 0 Å². The zero-order valence-electron chi connectivity index (χ0n) is 14.5. The summed E-state index contributed by atoms with van der Waals surface area (Å²) in [5, 5.41) is 5.69. The first-order valence-electron chi connectivity index (χ1n) is 8.60. The Morgan fingerprint density at radius 3 is 2.96 bits per heavy atom. The van der Waals surface area contributed by atoms with E-state index < -0.39 is 6.04 Å². The SMILES string of the molecule is NN1CCCCC(Nc2ccnc(-c3cn(N)c4ncc(Cl)cc34)n2)C1=O. The van der Waals surface area contributed by atoms with Crippen molar-refractivity contribution in [1.82, 2.24) is 24.6 Å². The molecular formula is C17H19ClN8O. The highest BCUT2D eigenvalue weighted by Crippen LogP contribution is 2.28. The molecule has 1 aliphatic rings. The van der Waals surface area contributed by atoms with Gasteiger partial charge in [0.1, 0.15) is 11.9 Å². The Balaban J connectivity index is 1.67. The molecule has 140 valence electrons. The third kappa shape index (κ3) is 3.38. The average Bonchev–Trinajstić information content (AvgIpc) is 2.90. The fourth-order valence-electron chi connectivity index (χ4n) is 3.23. The summed E-state index contributed by atoms with van der Waals surface area (Å²) in [7, 11) is 0. The van der Waals surface area contributed by atoms with Gasteiger partial charge < -0.3 is 11.2 Å². The van der Waals surface area contributed by atoms with Crippen LogP contribution in [-0.4, -0.2) is 43.1 Å². The third-order valence-electron chi connectivity index (χ3n) is 4.58. The molecule has 3 aromatic rings. The molecule has 0 aliphatic carbocycles. The molecule has 9 nitrogen and oxygen atoms in total. The van der Waals surface area contributed by atoms with Crippen molar-refractivity contribution in [2.75, 3.05) is 17.7 Å². The zero-order chi connectivity index (χ0) is 19.0. The number of nitrogens with one attached hydrogen (secondary N) is 1. The van der Waals surface area contributed by atoms with Gasteiger partial charge in [-0.2, -0.15) is 0 Å². The van der Waals surface area contributed by atoms with Crippen LogP contribution in [0.15, 0.2) is 30.7 Å². The number of nitrogen functional groups attached to an aromatic ring is 1. The summed E-state index contributed by atoms with van der Waals surface area (Å²) in [6, 6.07) is 3.08. The van der Waals surface area contributed by atoms with Gasteiger partial charge in [-0.05, 0) is 31.4 Å². The number of rotatable bonds is 3. The number of anilines is 1. The van der Waals surface area contributed by atoms with Crippen LogP contribution < -0.4 is 17.0 Å². The molecule has 0 saturated carbocycles. The lowest BCUT2D eigenvalue weighted by molar-refractivity contribution is -0.131. The first kappa shape index (κ1) is 17.5. The number of pyridine rings is 1. The summed E-state index contributed by atoms with van der Waals surface area (Å²) in [6.07, 6.45) is 7.37. The van der Waals surface area contributed by atoms with E-state index in [0.29, 0.717) is 40.8 Å². The Hall–Kier alpha value is -2.91. The molecule has 0 aromatic carbocycles. The van der Waals surface area contributed by atoms with Gasteiger partial charge in [-0.1, -0.05) is 11.6 Å². The van der Waals surface area contributed by atoms with Gasteiger partial charge in [0.2, 0.25) is 0 Å². The molecule has 3 aromatic heterocycles. The highest BCUT2D eigenvalue weighted by atomic mass is 35.5. The Bertz CT molecular complexity index is 1000. The van der Waals surface area contributed by atoms with Crippen LogP contribution >= 0.6 is 11.6 Å². The van der Waals surface area contributed by atoms with E-state index in [1.54, 1.807) is 24.5 Å². The molecule has 10 heteroatoms. The van der Waals surface area contributed by atoms with Crippen molar-refractivity contribution in [2.45, 2.75) is 25.3 Å². The standard InChI is InChI=1S/C17H19ClN8O/c18-10-7-11-12(9-26(20)16(11)22-8-10)15-21-5-4-14(24-15)23-13-3-1-2-6-25(19)17(13)27/h4-5,7-9,13H,1-3,6,19-20H2,(H,21,23,24). The van der Waals surface area contributed by atoms with Crippen LogP contribution in [0.4, 0.5) is 5.82 Å². The van der Waals surface area contributed by atoms with Crippen LogP contribution in [0.3, 0.4) is 0 Å². The molecule has 4 rings (SSSR count). The number of amides is 1. The summed E-state index contributed by atoms with van der Waals surface area (Å²) >= 11 is 6.07. The van der Waals surface area contributed by atoms with Crippen LogP contribution in [0.25, 0.3) is 22.4 Å². The quantitative estimate of drug-likeness (QED) is 0.460. The Kier molecular flexibility index (Phi) is 4.54. The summed E-state index contributed by atoms with van der Waals surface area (Å²) in [5.41, 5.74) is 1.29. The lowest BCUT2D eigenvalue weighted by Crippen LogP contribution is -2.45. The third-order valence-corrected chi connectivity index (χ3v) is 4.78. The Labute approximate surface area is 160 Å². The molecule has 5 N–H and O–H groups in total. The number of halogens is 1. The minimum absolute atomic E-state index is 0.137. The molecule has 1 saturated heterocycles. The average molecular weight is 387 g/mol. The fraction of sp³-hybridized carbons (Fsp3) is 0.294. The smallest absolute Gasteiger partial charge is 0.258 e. The molecule has 1 atom stereocenters. The van der Waals surface area contributed by atoms with Gasteiger partial charge in [0.15, 0.2) is 11.5 Å². The number of carbonyl (C=O) groups excluding carboxylic acids is 1. The minimum Gasteiger partial charge on any atom is -0.358 e. The highest BCUT2D eigenvalue weighted by Gasteiger charge is 2.25. The topological polar surface area (TPSA) is 128 Å². The molecule has 1 unspecified atom stereocenters. The Morgan fingerprint density at radius 1 is 1.26 bits per heavy atom. The lowest BCUT2D eigenvalue weighted by Gasteiger charge is -2.20. The van der Waals surface area contributed by atoms with Crippen LogP contribution in [0.2, 0.25) is 5.02 Å². The highest BCUT2D eigenvalue weighted by molar-refractivity contribution is 6.31. The van der Waals surface area contributed by atoms with Gasteiger partial charge in [-0.3, -0.25) is 14.5 Å². The zero-order valence-corrected chi connectivity index (χ0v) is 15.2. The van der Waals surface area contributed by atoms with Crippen molar-refractivity contribution in [3.8, 4) is 11.4 Å². The number of carbonyl (C=O) groups is 1. The molecule has 4 heterocycles. The maximum atomic E-state index is 12.4. The van der Waals surface area contributed by atoms with Crippen LogP contribution in [0.5, 0.6) is 0 Å². The molecule has 1 aliphatic heterocycles. The number of fused-ring (bicyclic) bond motifs is 1. The van der Waals surface area contributed by atoms with Crippen molar-refractivity contribution in [3.05, 3.63) is 35.7 Å². The predicted octanol–water partition coefficient (Wildman–Crippen LogP) is 1.53. The minimum atomic E-state index is -0.410. The number of nitrogens with two attached hydrogens (primary N) is 2. The summed E-state index contributed by atoms with van der Waals surface area (Å²) in [5.74, 6) is 12.6. The van der Waals surface area contributed by atoms with Crippen LogP contribution in [-0.2, 0) is 4.79 Å². The second kappa shape index (κ2) is 7.01. The van der Waals surface area contributed by atoms with E-state index in [-0.39, 0.29) is 5.91 Å². The number of aromatic nitrogens is 4. The predicted molar refractivity (Wildman–Crippen MR) is 103 cm³/mol. The van der Waals surface area contributed by atoms with Gasteiger partial charge in [0.05, 0.1) is 5.02 Å². The number of hydrogen-bond acceptors (Lipinski definition) is 7. The van der Waals surface area contributed by atoms with E-state index in [9.17, 15) is 4.79 Å². The molecule has 0 spiro atoms. The summed E-state index contributed by atoms with van der Waals surface area (Å²) in [6.45, 7) is 0.565. The van der Waals surface area contributed by atoms with E-state index in [0.717, 1.165) is 18.2 Å². The second-order valence-corrected chi connectivity index (χ2v) is 6.90. The molecule has 1 fully saturated rings. The summed E-state index contributed by atoms with van der Waals surface area (Å²) < 4.78 is 1.41. The first-order chi connectivity index (χ1) is 13.0. The van der Waals surface area contributed by atoms with Gasteiger partial charge >= 0.3 is 0 Å². The molecular weight excluding hydrogens is 368 g/mol. The molecule has 0 radical (unpaired) electrons. The van der Waals surface area contributed by atoms with Gasteiger partial charge in [-0.15, -0.1) is 0 Å². The normalized spacial score (nSPS) is 17.9. The van der Waals surface area contributed by atoms with E-state index in [1.807, 2.05) is 0 Å². The summed E-state index contributed by atoms with van der Waals surface area (Å²) in [4.78, 5) is 25.5.